The topological polar surface area (TPSA) is 18.5 Å². The first kappa shape index (κ1) is 12.9. The summed E-state index contributed by atoms with van der Waals surface area (Å²) in [4.78, 5) is 0. The second-order valence-corrected chi connectivity index (χ2v) is 5.45. The van der Waals surface area contributed by atoms with Gasteiger partial charge in [0, 0.05) is 11.1 Å². The molecular weight excluding hydrogens is 280 g/mol. The van der Waals surface area contributed by atoms with Gasteiger partial charge in [0.1, 0.15) is 5.75 Å². The average molecular weight is 299 g/mol. The van der Waals surface area contributed by atoms with Crippen molar-refractivity contribution in [3.8, 4) is 5.75 Å². The van der Waals surface area contributed by atoms with E-state index in [-0.39, 0.29) is 0 Å². The van der Waals surface area contributed by atoms with Crippen molar-refractivity contribution >= 4 is 15.9 Å². The quantitative estimate of drug-likeness (QED) is 0.762. The van der Waals surface area contributed by atoms with Crippen molar-refractivity contribution in [1.82, 2.24) is 0 Å². The predicted molar refractivity (Wildman–Crippen MR) is 72.6 cm³/mol. The van der Waals surface area contributed by atoms with Crippen LogP contribution < -0.4 is 4.74 Å². The van der Waals surface area contributed by atoms with Crippen LogP contribution in [0.3, 0.4) is 0 Å². The third-order valence-electron chi connectivity index (χ3n) is 3.09. The van der Waals surface area contributed by atoms with Crippen LogP contribution in [-0.4, -0.2) is 19.3 Å². The van der Waals surface area contributed by atoms with Gasteiger partial charge in [-0.25, -0.2) is 0 Å². The van der Waals surface area contributed by atoms with Crippen molar-refractivity contribution < 1.29 is 9.47 Å². The largest absolute Gasteiger partial charge is 0.493 e. The minimum Gasteiger partial charge on any atom is -0.493 e. The third-order valence-corrected chi connectivity index (χ3v) is 3.58. The van der Waals surface area contributed by atoms with Gasteiger partial charge in [0.25, 0.3) is 0 Å². The Hall–Kier alpha value is -0.540. The standard InChI is InChI=1S/C14H19BrO2/c1-11-10-12(15)6-7-14(11)17-9-3-5-13-4-2-8-16-13/h6-7,10,13H,2-5,8-9H2,1H3. The highest BCUT2D eigenvalue weighted by atomic mass is 79.9. The monoisotopic (exact) mass is 298 g/mol. The summed E-state index contributed by atoms with van der Waals surface area (Å²) in [6, 6.07) is 6.11. The lowest BCUT2D eigenvalue weighted by atomic mass is 10.1. The summed E-state index contributed by atoms with van der Waals surface area (Å²) in [5.41, 5.74) is 1.18. The van der Waals surface area contributed by atoms with E-state index < -0.39 is 0 Å². The molecule has 0 radical (unpaired) electrons. The molecule has 1 heterocycles. The number of rotatable bonds is 5. The molecule has 0 amide bonds. The van der Waals surface area contributed by atoms with Gasteiger partial charge in [-0.3, -0.25) is 0 Å². The van der Waals surface area contributed by atoms with E-state index in [9.17, 15) is 0 Å². The maximum Gasteiger partial charge on any atom is 0.122 e. The number of hydrogen-bond acceptors (Lipinski definition) is 2. The lowest BCUT2D eigenvalue weighted by Gasteiger charge is -2.11. The lowest BCUT2D eigenvalue weighted by Crippen LogP contribution is -2.07. The van der Waals surface area contributed by atoms with Gasteiger partial charge in [-0.15, -0.1) is 0 Å². The molecule has 0 saturated carbocycles. The van der Waals surface area contributed by atoms with Gasteiger partial charge in [-0.05, 0) is 56.4 Å². The van der Waals surface area contributed by atoms with Crippen LogP contribution in [0.2, 0.25) is 0 Å². The zero-order chi connectivity index (χ0) is 12.1. The summed E-state index contributed by atoms with van der Waals surface area (Å²) in [5, 5.41) is 0. The fourth-order valence-electron chi connectivity index (χ4n) is 2.14. The summed E-state index contributed by atoms with van der Waals surface area (Å²) >= 11 is 3.45. The highest BCUT2D eigenvalue weighted by Crippen LogP contribution is 2.23. The minimum absolute atomic E-state index is 0.476. The van der Waals surface area contributed by atoms with Gasteiger partial charge in [-0.1, -0.05) is 15.9 Å². The number of hydrogen-bond donors (Lipinski definition) is 0. The molecular formula is C14H19BrO2. The fraction of sp³-hybridized carbons (Fsp3) is 0.571. The van der Waals surface area contributed by atoms with Crippen molar-refractivity contribution in [3.63, 3.8) is 0 Å². The van der Waals surface area contributed by atoms with Crippen LogP contribution in [0.15, 0.2) is 22.7 Å². The molecule has 3 heteroatoms. The van der Waals surface area contributed by atoms with Gasteiger partial charge in [0.15, 0.2) is 0 Å². The molecule has 1 saturated heterocycles. The molecule has 2 rings (SSSR count). The molecule has 1 aromatic rings. The number of halogens is 1. The summed E-state index contributed by atoms with van der Waals surface area (Å²) in [6.45, 7) is 3.79. The van der Waals surface area contributed by atoms with Crippen LogP contribution in [0.5, 0.6) is 5.75 Å². The van der Waals surface area contributed by atoms with E-state index >= 15 is 0 Å². The molecule has 1 unspecified atom stereocenters. The molecule has 1 aromatic carbocycles. The van der Waals surface area contributed by atoms with Crippen LogP contribution in [0, 0.1) is 6.92 Å². The van der Waals surface area contributed by atoms with Crippen molar-refractivity contribution in [3.05, 3.63) is 28.2 Å². The van der Waals surface area contributed by atoms with Gasteiger partial charge in [0.05, 0.1) is 12.7 Å². The van der Waals surface area contributed by atoms with Crippen LogP contribution >= 0.6 is 15.9 Å². The molecule has 94 valence electrons. The Kier molecular flexibility index (Phi) is 4.86. The normalized spacial score (nSPS) is 19.5. The van der Waals surface area contributed by atoms with Crippen LogP contribution in [-0.2, 0) is 4.74 Å². The Morgan fingerprint density at radius 3 is 3.06 bits per heavy atom. The predicted octanol–water partition coefficient (Wildman–Crippen LogP) is 4.10. The van der Waals surface area contributed by atoms with Crippen molar-refractivity contribution in [2.75, 3.05) is 13.2 Å². The van der Waals surface area contributed by atoms with E-state index in [1.165, 1.54) is 18.4 Å². The lowest BCUT2D eigenvalue weighted by molar-refractivity contribution is 0.0981. The first-order valence-electron chi connectivity index (χ1n) is 6.26. The molecule has 0 aliphatic carbocycles. The van der Waals surface area contributed by atoms with E-state index in [0.29, 0.717) is 6.10 Å². The number of benzene rings is 1. The molecule has 2 nitrogen and oxygen atoms in total. The summed E-state index contributed by atoms with van der Waals surface area (Å²) in [6.07, 6.45) is 5.11. The smallest absolute Gasteiger partial charge is 0.122 e. The molecule has 1 aliphatic rings. The molecule has 0 bridgehead atoms. The zero-order valence-corrected chi connectivity index (χ0v) is 11.8. The van der Waals surface area contributed by atoms with E-state index in [1.54, 1.807) is 0 Å². The maximum atomic E-state index is 5.78. The summed E-state index contributed by atoms with van der Waals surface area (Å²) < 4.78 is 12.5. The fourth-order valence-corrected chi connectivity index (χ4v) is 2.62. The van der Waals surface area contributed by atoms with E-state index in [0.717, 1.165) is 36.3 Å². The van der Waals surface area contributed by atoms with Crippen LogP contribution in [0.4, 0.5) is 0 Å². The van der Waals surface area contributed by atoms with E-state index in [1.807, 2.05) is 12.1 Å². The Labute approximate surface area is 111 Å². The Morgan fingerprint density at radius 1 is 1.47 bits per heavy atom. The minimum atomic E-state index is 0.476. The maximum absolute atomic E-state index is 5.78. The summed E-state index contributed by atoms with van der Waals surface area (Å²) in [5.74, 6) is 0.987. The van der Waals surface area contributed by atoms with Crippen molar-refractivity contribution in [1.29, 1.82) is 0 Å². The molecule has 1 aliphatic heterocycles. The first-order valence-corrected chi connectivity index (χ1v) is 7.05. The SMILES string of the molecule is Cc1cc(Br)ccc1OCCCC1CCCO1. The second kappa shape index (κ2) is 6.41. The Bertz CT molecular complexity index is 359. The molecule has 0 aromatic heterocycles. The van der Waals surface area contributed by atoms with Crippen molar-refractivity contribution in [2.45, 2.75) is 38.7 Å². The van der Waals surface area contributed by atoms with E-state index in [2.05, 4.69) is 28.9 Å². The first-order chi connectivity index (χ1) is 8.25. The van der Waals surface area contributed by atoms with Gasteiger partial charge >= 0.3 is 0 Å². The molecule has 0 spiro atoms. The highest BCUT2D eigenvalue weighted by molar-refractivity contribution is 9.10. The summed E-state index contributed by atoms with van der Waals surface area (Å²) in [7, 11) is 0. The van der Waals surface area contributed by atoms with Crippen LogP contribution in [0.25, 0.3) is 0 Å². The highest BCUT2D eigenvalue weighted by Gasteiger charge is 2.14. The number of aryl methyl sites for hydroxylation is 1. The Balaban J connectivity index is 1.70. The zero-order valence-electron chi connectivity index (χ0n) is 10.2. The van der Waals surface area contributed by atoms with Gasteiger partial charge in [-0.2, -0.15) is 0 Å². The molecule has 1 fully saturated rings. The molecule has 1 atom stereocenters. The van der Waals surface area contributed by atoms with Crippen LogP contribution in [0.1, 0.15) is 31.2 Å². The molecule has 17 heavy (non-hydrogen) atoms. The van der Waals surface area contributed by atoms with Gasteiger partial charge in [0.2, 0.25) is 0 Å². The van der Waals surface area contributed by atoms with Gasteiger partial charge < -0.3 is 9.47 Å². The third kappa shape index (κ3) is 4.00. The van der Waals surface area contributed by atoms with E-state index in [4.69, 9.17) is 9.47 Å². The second-order valence-electron chi connectivity index (χ2n) is 4.54. The molecule has 0 N–H and O–H groups in total. The van der Waals surface area contributed by atoms with Crippen molar-refractivity contribution in [2.24, 2.45) is 0 Å². The number of ether oxygens (including phenoxy) is 2. The Morgan fingerprint density at radius 2 is 2.35 bits per heavy atom. The average Bonchev–Trinajstić information content (AvgIpc) is 2.79.